The lowest BCUT2D eigenvalue weighted by Gasteiger charge is -2.25. The van der Waals surface area contributed by atoms with Crippen molar-refractivity contribution in [3.63, 3.8) is 0 Å². The van der Waals surface area contributed by atoms with Gasteiger partial charge in [-0.2, -0.15) is 0 Å². The molecule has 4 rings (SSSR count). The number of benzene rings is 2. The Kier molecular flexibility index (Phi) is 7.19. The molecule has 9 heteroatoms. The lowest BCUT2D eigenvalue weighted by molar-refractivity contribution is 0.387. The molecule has 0 aromatic heterocycles. The van der Waals surface area contributed by atoms with Crippen LogP contribution < -0.4 is 15.6 Å². The number of allylic oxidation sites excluding steroid dienone is 1. The van der Waals surface area contributed by atoms with Crippen molar-refractivity contribution < 1.29 is 10.6 Å². The number of rotatable bonds is 1. The Bertz CT molecular complexity index is 828. The molecule has 2 heterocycles. The zero-order chi connectivity index (χ0) is 15.3. The molecule has 2 aromatic rings. The third-order valence-electron chi connectivity index (χ3n) is 3.56. The molecule has 3 N–H and O–H groups in total. The van der Waals surface area contributed by atoms with Crippen molar-refractivity contribution in [2.75, 3.05) is 10.0 Å². The maximum Gasteiger partial charge on any atom is 0.235 e. The smallest absolute Gasteiger partial charge is 0.235 e. The van der Waals surface area contributed by atoms with E-state index in [1.165, 1.54) is 5.01 Å². The van der Waals surface area contributed by atoms with Crippen molar-refractivity contribution in [2.24, 2.45) is 0 Å². The topological polar surface area (TPSA) is 72.3 Å². The summed E-state index contributed by atoms with van der Waals surface area (Å²) in [7, 11) is 0. The highest BCUT2D eigenvalue weighted by Crippen LogP contribution is 2.42. The van der Waals surface area contributed by atoms with Crippen LogP contribution in [0.15, 0.2) is 66.2 Å². The van der Waals surface area contributed by atoms with E-state index in [0.29, 0.717) is 10.7 Å². The molecule has 2 aliphatic rings. The summed E-state index contributed by atoms with van der Waals surface area (Å²) in [6, 6.07) is 15.0. The molecule has 0 fully saturated rings. The van der Waals surface area contributed by atoms with Crippen molar-refractivity contribution in [2.45, 2.75) is 0 Å². The molecule has 2 aliphatic heterocycles. The summed E-state index contributed by atoms with van der Waals surface area (Å²) in [4.78, 5) is 0. The van der Waals surface area contributed by atoms with E-state index in [1.807, 2.05) is 42.5 Å². The largest absolute Gasteiger partial charge is 0.492 e. The molecule has 0 atom stereocenters. The highest BCUT2D eigenvalue weighted by Gasteiger charge is 2.35. The van der Waals surface area contributed by atoms with E-state index >= 15 is 0 Å². The summed E-state index contributed by atoms with van der Waals surface area (Å²) < 4.78 is 0.911. The zero-order valence-corrected chi connectivity index (χ0v) is 16.5. The van der Waals surface area contributed by atoms with Crippen molar-refractivity contribution >= 4 is 68.2 Å². The van der Waals surface area contributed by atoms with Gasteiger partial charge in [-0.15, -0.1) is 24.8 Å². The van der Waals surface area contributed by atoms with Crippen LogP contribution in [-0.4, -0.2) is 10.6 Å². The average Bonchev–Trinajstić information content (AvgIpc) is 2.86. The van der Waals surface area contributed by atoms with E-state index in [9.17, 15) is 5.11 Å². The lowest BCUT2D eigenvalue weighted by Crippen LogP contribution is -2.35. The number of fused-ring (bicyclic) bond motifs is 3. The van der Waals surface area contributed by atoms with Gasteiger partial charge in [0.05, 0.1) is 11.4 Å². The minimum atomic E-state index is 0. The van der Waals surface area contributed by atoms with Gasteiger partial charge in [0.15, 0.2) is 0 Å². The van der Waals surface area contributed by atoms with Crippen molar-refractivity contribution in [1.82, 2.24) is 5.53 Å². The van der Waals surface area contributed by atoms with Gasteiger partial charge in [-0.1, -0.05) is 45.7 Å². The quantitative estimate of drug-likeness (QED) is 0.668. The van der Waals surface area contributed by atoms with Crippen LogP contribution in [0.25, 0.3) is 4.48 Å². The van der Waals surface area contributed by atoms with Crippen LogP contribution >= 0.6 is 52.3 Å². The number of hydrogen-bond acceptors (Lipinski definition) is 3. The Labute approximate surface area is 170 Å². The molecule has 25 heavy (non-hydrogen) atoms. The molecule has 2 aromatic carbocycles. The number of aliphatic hydroxyl groups excluding tert-OH is 1. The van der Waals surface area contributed by atoms with Crippen molar-refractivity contribution in [3.8, 4) is 0 Å². The molecule has 0 bridgehead atoms. The fraction of sp³-hybridized carbons (Fsp3) is 0. The number of hydrogen-bond donors (Lipinski definition) is 1. The number of halogens is 4. The molecule has 0 amide bonds. The third-order valence-corrected chi connectivity index (χ3v) is 4.47. The van der Waals surface area contributed by atoms with Crippen LogP contribution in [0.2, 0.25) is 5.02 Å². The molecule has 133 valence electrons. The van der Waals surface area contributed by atoms with Gasteiger partial charge in [0.2, 0.25) is 5.88 Å². The summed E-state index contributed by atoms with van der Waals surface area (Å²) in [5.74, 6) is 0.0776. The molecule has 5 nitrogen and oxygen atoms in total. The predicted molar refractivity (Wildman–Crippen MR) is 110 cm³/mol. The maximum absolute atomic E-state index is 10.5. The first kappa shape index (κ1) is 21.6. The second kappa shape index (κ2) is 8.31. The third kappa shape index (κ3) is 3.60. The summed E-state index contributed by atoms with van der Waals surface area (Å²) >= 11 is 9.46. The summed E-state index contributed by atoms with van der Waals surface area (Å²) in [6.07, 6.45) is 1.86. The van der Waals surface area contributed by atoms with Crippen LogP contribution in [0.3, 0.4) is 0 Å². The number of nitrogens with zero attached hydrogens (tertiary/aromatic N) is 3. The SMILES string of the molecule is Cl.Cl.O.OC1=C2C=C(Br)c3ccccc3N2[N]N1c1ccc(Cl)cc1. The van der Waals surface area contributed by atoms with E-state index in [4.69, 9.17) is 11.6 Å². The van der Waals surface area contributed by atoms with Gasteiger partial charge in [-0.3, -0.25) is 0 Å². The van der Waals surface area contributed by atoms with E-state index in [0.717, 1.165) is 21.4 Å². The standard InChI is InChI=1S/C16H10BrClN3O.2ClH.H2O/c17-13-9-15-16(22)20(11-7-5-10(18)6-8-11)19-21(15)14-4-2-1-3-12(13)14;;;/h1-9,22H;2*1H;1H2. The Balaban J connectivity index is 0.00000104. The maximum atomic E-state index is 10.5. The first-order valence-corrected chi connectivity index (χ1v) is 7.79. The summed E-state index contributed by atoms with van der Waals surface area (Å²) in [5, 5.41) is 14.4. The van der Waals surface area contributed by atoms with E-state index in [-0.39, 0.29) is 36.2 Å². The zero-order valence-electron chi connectivity index (χ0n) is 12.6. The fourth-order valence-electron chi connectivity index (χ4n) is 2.50. The van der Waals surface area contributed by atoms with Crippen LogP contribution in [0.4, 0.5) is 11.4 Å². The van der Waals surface area contributed by atoms with E-state index < -0.39 is 0 Å². The molecule has 1 radical (unpaired) electrons. The van der Waals surface area contributed by atoms with Crippen LogP contribution in [-0.2, 0) is 0 Å². The van der Waals surface area contributed by atoms with Crippen LogP contribution in [0.5, 0.6) is 0 Å². The van der Waals surface area contributed by atoms with Gasteiger partial charge in [-0.25, -0.2) is 10.0 Å². The summed E-state index contributed by atoms with van der Waals surface area (Å²) in [6.45, 7) is 0. The second-order valence-corrected chi connectivity index (χ2v) is 6.20. The minimum Gasteiger partial charge on any atom is -0.492 e. The summed E-state index contributed by atoms with van der Waals surface area (Å²) in [5.41, 5.74) is 7.81. The first-order valence-electron chi connectivity index (χ1n) is 6.62. The molecule has 0 unspecified atom stereocenters. The van der Waals surface area contributed by atoms with E-state index in [2.05, 4.69) is 21.5 Å². The van der Waals surface area contributed by atoms with Crippen LogP contribution in [0, 0.1) is 0 Å². The fourth-order valence-corrected chi connectivity index (χ4v) is 3.18. The van der Waals surface area contributed by atoms with Gasteiger partial charge in [0.25, 0.3) is 0 Å². The number of anilines is 2. The molecular weight excluding hydrogens is 452 g/mol. The van der Waals surface area contributed by atoms with Gasteiger partial charge in [0.1, 0.15) is 5.70 Å². The van der Waals surface area contributed by atoms with Crippen LogP contribution in [0.1, 0.15) is 5.56 Å². The van der Waals surface area contributed by atoms with Crippen molar-refractivity contribution in [1.29, 1.82) is 0 Å². The Morgan fingerprint density at radius 3 is 2.28 bits per heavy atom. The second-order valence-electron chi connectivity index (χ2n) is 4.91. The highest BCUT2D eigenvalue weighted by molar-refractivity contribution is 9.15. The lowest BCUT2D eigenvalue weighted by atomic mass is 10.1. The predicted octanol–water partition coefficient (Wildman–Crippen LogP) is 4.60. The van der Waals surface area contributed by atoms with Gasteiger partial charge in [0, 0.05) is 15.1 Å². The molecule has 0 saturated heterocycles. The van der Waals surface area contributed by atoms with Crippen molar-refractivity contribution in [3.05, 3.63) is 76.8 Å². The molecular formula is C16H14BrCl3N3O2. The average molecular weight is 467 g/mol. The Hall–Kier alpha value is -1.41. The monoisotopic (exact) mass is 464 g/mol. The highest BCUT2D eigenvalue weighted by atomic mass is 79.9. The Morgan fingerprint density at radius 2 is 1.60 bits per heavy atom. The number of aliphatic hydroxyl groups is 1. The minimum absolute atomic E-state index is 0. The molecule has 0 saturated carbocycles. The number of para-hydroxylation sites is 1. The molecule has 0 spiro atoms. The van der Waals surface area contributed by atoms with Gasteiger partial charge in [-0.05, 0) is 41.9 Å². The normalized spacial score (nSPS) is 14.6. The van der Waals surface area contributed by atoms with Gasteiger partial charge >= 0.3 is 0 Å². The first-order chi connectivity index (χ1) is 10.6. The molecule has 0 aliphatic carbocycles. The van der Waals surface area contributed by atoms with Gasteiger partial charge < -0.3 is 10.6 Å². The van der Waals surface area contributed by atoms with E-state index in [1.54, 1.807) is 17.1 Å². The Morgan fingerprint density at radius 1 is 0.960 bits per heavy atom.